The first-order chi connectivity index (χ1) is 16.1. The third kappa shape index (κ3) is 10.0. The van der Waals surface area contributed by atoms with Crippen LogP contribution in [0.1, 0.15) is 55.4 Å². The van der Waals surface area contributed by atoms with E-state index in [0.717, 1.165) is 12.2 Å². The SMILES string of the molecule is CCN(CC)C(=O)N(CC)[C@@H](C)COC(=O)/C=C/C(=O)OC[C@H](C)N(CC)C(=O)N(CC)CC. The summed E-state index contributed by atoms with van der Waals surface area (Å²) in [6, 6.07) is -0.840. The molecular formula is C24H44N4O6. The van der Waals surface area contributed by atoms with Crippen LogP contribution >= 0.6 is 0 Å². The summed E-state index contributed by atoms with van der Waals surface area (Å²) in [5.74, 6) is -1.40. The Labute approximate surface area is 204 Å². The van der Waals surface area contributed by atoms with Crippen molar-refractivity contribution >= 4 is 24.0 Å². The normalized spacial score (nSPS) is 12.6. The number of rotatable bonds is 14. The number of carbonyl (C=O) groups excluding carboxylic acids is 4. The lowest BCUT2D eigenvalue weighted by molar-refractivity contribution is -0.141. The van der Waals surface area contributed by atoms with Gasteiger partial charge < -0.3 is 29.1 Å². The molecule has 0 N–H and O–H groups in total. The molecule has 0 aliphatic rings. The maximum atomic E-state index is 12.6. The summed E-state index contributed by atoms with van der Waals surface area (Å²) in [5.41, 5.74) is 0. The van der Waals surface area contributed by atoms with Crippen LogP contribution in [-0.2, 0) is 19.1 Å². The van der Waals surface area contributed by atoms with Gasteiger partial charge in [0.05, 0.1) is 12.1 Å². The van der Waals surface area contributed by atoms with Gasteiger partial charge in [0.1, 0.15) is 13.2 Å². The third-order valence-corrected chi connectivity index (χ3v) is 5.59. The van der Waals surface area contributed by atoms with E-state index in [1.54, 1.807) is 33.4 Å². The molecule has 0 aliphatic heterocycles. The molecule has 10 nitrogen and oxygen atoms in total. The molecule has 0 aromatic carbocycles. The van der Waals surface area contributed by atoms with Gasteiger partial charge in [-0.25, -0.2) is 19.2 Å². The van der Waals surface area contributed by atoms with E-state index in [9.17, 15) is 19.2 Å². The van der Waals surface area contributed by atoms with Gasteiger partial charge in [-0.05, 0) is 55.4 Å². The summed E-state index contributed by atoms with van der Waals surface area (Å²) >= 11 is 0. The molecule has 2 atom stereocenters. The number of urea groups is 2. The van der Waals surface area contributed by atoms with Crippen molar-refractivity contribution in [3.63, 3.8) is 0 Å². The van der Waals surface area contributed by atoms with E-state index < -0.39 is 11.9 Å². The first-order valence-electron chi connectivity index (χ1n) is 12.2. The highest BCUT2D eigenvalue weighted by atomic mass is 16.5. The molecule has 0 heterocycles. The van der Waals surface area contributed by atoms with Crippen molar-refractivity contribution in [2.45, 2.75) is 67.5 Å². The van der Waals surface area contributed by atoms with Crippen molar-refractivity contribution in [3.8, 4) is 0 Å². The highest BCUT2D eigenvalue weighted by Gasteiger charge is 2.24. The summed E-state index contributed by atoms with van der Waals surface area (Å²) in [7, 11) is 0. The van der Waals surface area contributed by atoms with Crippen molar-refractivity contribution < 1.29 is 28.7 Å². The Morgan fingerprint density at radius 3 is 1.12 bits per heavy atom. The van der Waals surface area contributed by atoms with Gasteiger partial charge in [0.2, 0.25) is 0 Å². The molecule has 4 amide bonds. The van der Waals surface area contributed by atoms with Crippen molar-refractivity contribution in [2.24, 2.45) is 0 Å². The van der Waals surface area contributed by atoms with Gasteiger partial charge in [-0.15, -0.1) is 0 Å². The molecule has 0 aromatic rings. The molecule has 196 valence electrons. The van der Waals surface area contributed by atoms with Crippen LogP contribution < -0.4 is 0 Å². The van der Waals surface area contributed by atoms with E-state index in [-0.39, 0.29) is 37.4 Å². The Kier molecular flexibility index (Phi) is 15.4. The molecular weight excluding hydrogens is 440 g/mol. The van der Waals surface area contributed by atoms with Crippen LogP contribution in [0.15, 0.2) is 12.2 Å². The van der Waals surface area contributed by atoms with Gasteiger partial charge in [-0.3, -0.25) is 0 Å². The van der Waals surface area contributed by atoms with Crippen molar-refractivity contribution in [1.29, 1.82) is 0 Å². The summed E-state index contributed by atoms with van der Waals surface area (Å²) in [5, 5.41) is 0. The molecule has 10 heteroatoms. The fourth-order valence-electron chi connectivity index (χ4n) is 3.44. The number of likely N-dealkylation sites (N-methyl/N-ethyl adjacent to an activating group) is 2. The second kappa shape index (κ2) is 16.8. The number of hydrogen-bond donors (Lipinski definition) is 0. The Morgan fingerprint density at radius 1 is 0.588 bits per heavy atom. The lowest BCUT2D eigenvalue weighted by Crippen LogP contribution is -2.48. The minimum Gasteiger partial charge on any atom is -0.460 e. The molecule has 0 spiro atoms. The highest BCUT2D eigenvalue weighted by Crippen LogP contribution is 2.07. The Hall–Kier alpha value is -2.78. The molecule has 0 aromatic heterocycles. The maximum absolute atomic E-state index is 12.6. The minimum atomic E-state index is -0.699. The van der Waals surface area contributed by atoms with E-state index in [2.05, 4.69) is 0 Å². The average Bonchev–Trinajstić information content (AvgIpc) is 2.82. The number of nitrogens with zero attached hydrogens (tertiary/aromatic N) is 4. The van der Waals surface area contributed by atoms with E-state index in [4.69, 9.17) is 9.47 Å². The number of amides is 4. The Morgan fingerprint density at radius 2 is 0.882 bits per heavy atom. The molecule has 0 fully saturated rings. The van der Waals surface area contributed by atoms with Crippen LogP contribution in [0.25, 0.3) is 0 Å². The summed E-state index contributed by atoms with van der Waals surface area (Å²) in [4.78, 5) is 55.8. The number of carbonyl (C=O) groups is 4. The van der Waals surface area contributed by atoms with Crippen LogP contribution in [0.5, 0.6) is 0 Å². The summed E-state index contributed by atoms with van der Waals surface area (Å²) in [6.45, 7) is 18.4. The maximum Gasteiger partial charge on any atom is 0.331 e. The van der Waals surface area contributed by atoms with Gasteiger partial charge in [0.15, 0.2) is 0 Å². The van der Waals surface area contributed by atoms with E-state index in [0.29, 0.717) is 39.3 Å². The third-order valence-electron chi connectivity index (χ3n) is 5.59. The lowest BCUT2D eigenvalue weighted by atomic mass is 10.3. The zero-order valence-corrected chi connectivity index (χ0v) is 22.2. The van der Waals surface area contributed by atoms with Gasteiger partial charge in [0, 0.05) is 51.4 Å². The predicted molar refractivity (Wildman–Crippen MR) is 131 cm³/mol. The Balaban J connectivity index is 4.68. The fourth-order valence-corrected chi connectivity index (χ4v) is 3.44. The van der Waals surface area contributed by atoms with Crippen molar-refractivity contribution in [1.82, 2.24) is 19.6 Å². The second-order valence-corrected chi connectivity index (χ2v) is 7.77. The van der Waals surface area contributed by atoms with Crippen molar-refractivity contribution in [3.05, 3.63) is 12.2 Å². The molecule has 0 radical (unpaired) electrons. The first-order valence-corrected chi connectivity index (χ1v) is 12.2. The molecule has 0 rings (SSSR count). The van der Waals surface area contributed by atoms with Gasteiger partial charge in [0.25, 0.3) is 0 Å². The van der Waals surface area contributed by atoms with Gasteiger partial charge in [-0.1, -0.05) is 0 Å². The van der Waals surface area contributed by atoms with Crippen LogP contribution in [0, 0.1) is 0 Å². The van der Waals surface area contributed by atoms with E-state index in [1.807, 2.05) is 41.5 Å². The molecule has 0 unspecified atom stereocenters. The van der Waals surface area contributed by atoms with E-state index in [1.165, 1.54) is 0 Å². The van der Waals surface area contributed by atoms with Crippen molar-refractivity contribution in [2.75, 3.05) is 52.5 Å². The minimum absolute atomic E-state index is 0.00896. The van der Waals surface area contributed by atoms with Crippen LogP contribution in [0.2, 0.25) is 0 Å². The molecule has 0 aliphatic carbocycles. The molecule has 34 heavy (non-hydrogen) atoms. The second-order valence-electron chi connectivity index (χ2n) is 7.77. The monoisotopic (exact) mass is 484 g/mol. The molecule has 0 bridgehead atoms. The summed E-state index contributed by atoms with van der Waals surface area (Å²) < 4.78 is 10.4. The standard InChI is InChI=1S/C24H44N4O6/c1-9-25(10-2)23(31)27(13-5)19(7)17-33-21(29)15-16-22(30)34-18-20(8)28(14-6)24(32)26(11-3)12-4/h15-16,19-20H,9-14,17-18H2,1-8H3/b16-15+/t19-,20-/m0/s1. The van der Waals surface area contributed by atoms with E-state index >= 15 is 0 Å². The van der Waals surface area contributed by atoms with Crippen LogP contribution in [0.3, 0.4) is 0 Å². The summed E-state index contributed by atoms with van der Waals surface area (Å²) in [6.07, 6.45) is 2.00. The van der Waals surface area contributed by atoms with Gasteiger partial charge >= 0.3 is 24.0 Å². The Bertz CT molecular complexity index is 620. The smallest absolute Gasteiger partial charge is 0.331 e. The first kappa shape index (κ1) is 31.2. The fraction of sp³-hybridized carbons (Fsp3) is 0.750. The highest BCUT2D eigenvalue weighted by molar-refractivity contribution is 5.91. The zero-order chi connectivity index (χ0) is 26.3. The average molecular weight is 485 g/mol. The molecule has 0 saturated carbocycles. The number of hydrogen-bond acceptors (Lipinski definition) is 6. The molecule has 0 saturated heterocycles. The van der Waals surface area contributed by atoms with Gasteiger partial charge in [-0.2, -0.15) is 0 Å². The lowest BCUT2D eigenvalue weighted by Gasteiger charge is -2.32. The largest absolute Gasteiger partial charge is 0.460 e. The predicted octanol–water partition coefficient (Wildman–Crippen LogP) is 2.97. The zero-order valence-electron chi connectivity index (χ0n) is 22.2. The van der Waals surface area contributed by atoms with Crippen LogP contribution in [-0.4, -0.2) is 108 Å². The quantitative estimate of drug-likeness (QED) is 0.278. The van der Waals surface area contributed by atoms with Crippen LogP contribution in [0.4, 0.5) is 9.59 Å². The number of esters is 2. The topological polar surface area (TPSA) is 99.7 Å². The number of ether oxygens (including phenoxy) is 2.